The van der Waals surface area contributed by atoms with Crippen molar-refractivity contribution >= 4 is 0 Å². The summed E-state index contributed by atoms with van der Waals surface area (Å²) in [6.45, 7) is 2.24. The molecule has 0 aliphatic heterocycles. The first-order valence-electron chi connectivity index (χ1n) is 7.55. The Bertz CT molecular complexity index is 544. The highest BCUT2D eigenvalue weighted by Crippen LogP contribution is 2.47. The minimum Gasteiger partial charge on any atom is -0.463 e. The highest BCUT2D eigenvalue weighted by atomic mass is 16.4. The Morgan fingerprint density at radius 1 is 1.20 bits per heavy atom. The molecule has 1 saturated carbocycles. The van der Waals surface area contributed by atoms with Crippen molar-refractivity contribution in [3.63, 3.8) is 0 Å². The molecule has 0 saturated heterocycles. The zero-order chi connectivity index (χ0) is 13.9. The Kier molecular flexibility index (Phi) is 3.93. The van der Waals surface area contributed by atoms with Gasteiger partial charge in [0, 0.05) is 5.92 Å². The van der Waals surface area contributed by atoms with Gasteiger partial charge in [-0.3, -0.25) is 0 Å². The van der Waals surface area contributed by atoms with Gasteiger partial charge in [-0.15, -0.1) is 0 Å². The Morgan fingerprint density at radius 3 is 2.65 bits per heavy atom. The van der Waals surface area contributed by atoms with Gasteiger partial charge in [0.05, 0.1) is 0 Å². The van der Waals surface area contributed by atoms with Crippen molar-refractivity contribution in [1.29, 1.82) is 0 Å². The second-order valence-electron chi connectivity index (χ2n) is 5.95. The van der Waals surface area contributed by atoms with Crippen molar-refractivity contribution in [3.05, 3.63) is 59.5 Å². The molecule has 2 aromatic rings. The first-order chi connectivity index (χ1) is 9.74. The van der Waals surface area contributed by atoms with E-state index in [0.717, 1.165) is 36.7 Å². The Labute approximate surface area is 120 Å². The van der Waals surface area contributed by atoms with Crippen molar-refractivity contribution in [2.24, 2.45) is 5.92 Å². The molecule has 0 spiro atoms. The minimum atomic E-state index is -0.471. The molecule has 2 heteroatoms. The van der Waals surface area contributed by atoms with Crippen LogP contribution < -0.4 is 0 Å². The smallest absolute Gasteiger partial charge is 0.132 e. The van der Waals surface area contributed by atoms with E-state index < -0.39 is 6.10 Å². The molecule has 20 heavy (non-hydrogen) atoms. The molecule has 1 aliphatic carbocycles. The van der Waals surface area contributed by atoms with Crippen LogP contribution in [-0.2, 0) is 6.42 Å². The molecule has 3 unspecified atom stereocenters. The molecular formula is C18H22O2. The molecule has 1 heterocycles. The van der Waals surface area contributed by atoms with Crippen LogP contribution in [0.2, 0.25) is 0 Å². The van der Waals surface area contributed by atoms with Crippen molar-refractivity contribution < 1.29 is 9.52 Å². The van der Waals surface area contributed by atoms with Crippen LogP contribution in [0.4, 0.5) is 0 Å². The highest BCUT2D eigenvalue weighted by molar-refractivity contribution is 5.19. The van der Waals surface area contributed by atoms with E-state index in [9.17, 15) is 5.11 Å². The maximum Gasteiger partial charge on any atom is 0.132 e. The maximum atomic E-state index is 10.2. The van der Waals surface area contributed by atoms with Gasteiger partial charge in [-0.25, -0.2) is 0 Å². The van der Waals surface area contributed by atoms with Gasteiger partial charge < -0.3 is 9.52 Å². The van der Waals surface area contributed by atoms with E-state index in [1.165, 1.54) is 12.0 Å². The second kappa shape index (κ2) is 5.84. The molecule has 3 atom stereocenters. The number of aliphatic hydroxyl groups is 1. The fraction of sp³-hybridized carbons (Fsp3) is 0.444. The molecule has 1 aromatic carbocycles. The summed E-state index contributed by atoms with van der Waals surface area (Å²) in [6.07, 6.45) is 3.48. The molecule has 1 fully saturated rings. The van der Waals surface area contributed by atoms with Crippen LogP contribution >= 0.6 is 0 Å². The van der Waals surface area contributed by atoms with E-state index in [1.807, 2.05) is 18.2 Å². The van der Waals surface area contributed by atoms with Gasteiger partial charge in [0.1, 0.15) is 17.6 Å². The van der Waals surface area contributed by atoms with Crippen LogP contribution in [0.5, 0.6) is 0 Å². The fourth-order valence-corrected chi connectivity index (χ4v) is 2.75. The van der Waals surface area contributed by atoms with Gasteiger partial charge in [0.2, 0.25) is 0 Å². The van der Waals surface area contributed by atoms with E-state index >= 15 is 0 Å². The summed E-state index contributed by atoms with van der Waals surface area (Å²) in [5, 5.41) is 10.2. The van der Waals surface area contributed by atoms with Crippen molar-refractivity contribution in [2.75, 3.05) is 0 Å². The predicted molar refractivity (Wildman–Crippen MR) is 79.6 cm³/mol. The number of benzene rings is 1. The maximum absolute atomic E-state index is 10.2. The third kappa shape index (κ3) is 3.13. The summed E-state index contributed by atoms with van der Waals surface area (Å²) in [5.41, 5.74) is 1.33. The summed E-state index contributed by atoms with van der Waals surface area (Å²) < 4.78 is 5.79. The van der Waals surface area contributed by atoms with Gasteiger partial charge in [0.15, 0.2) is 0 Å². The number of furan rings is 1. The molecule has 0 amide bonds. The molecule has 0 bridgehead atoms. The predicted octanol–water partition coefficient (Wildman–Crippen LogP) is 4.46. The lowest BCUT2D eigenvalue weighted by Gasteiger charge is -2.07. The van der Waals surface area contributed by atoms with Crippen LogP contribution in [-0.4, -0.2) is 5.11 Å². The highest BCUT2D eigenvalue weighted by Gasteiger charge is 2.36. The van der Waals surface area contributed by atoms with Crippen LogP contribution in [0.1, 0.15) is 55.3 Å². The largest absolute Gasteiger partial charge is 0.463 e. The fourth-order valence-electron chi connectivity index (χ4n) is 2.75. The van der Waals surface area contributed by atoms with E-state index in [2.05, 4.69) is 31.2 Å². The standard InChI is InChI=1S/C18H22O2/c1-13-12-15(13)17-10-11-18(20-17)16(19)9-5-8-14-6-3-2-4-7-14/h2-4,6-7,10-11,13,15-16,19H,5,8-9,12H2,1H3. The Morgan fingerprint density at radius 2 is 1.95 bits per heavy atom. The number of aliphatic hydroxyl groups excluding tert-OH is 1. The first-order valence-corrected chi connectivity index (χ1v) is 7.55. The zero-order valence-electron chi connectivity index (χ0n) is 12.0. The third-order valence-corrected chi connectivity index (χ3v) is 4.24. The molecule has 106 valence electrons. The summed E-state index contributed by atoms with van der Waals surface area (Å²) in [6, 6.07) is 14.4. The van der Waals surface area contributed by atoms with Crippen molar-refractivity contribution in [2.45, 2.75) is 44.6 Å². The average molecular weight is 270 g/mol. The van der Waals surface area contributed by atoms with E-state index in [0.29, 0.717) is 5.92 Å². The first kappa shape index (κ1) is 13.4. The van der Waals surface area contributed by atoms with Crippen LogP contribution in [0.15, 0.2) is 46.9 Å². The van der Waals surface area contributed by atoms with Gasteiger partial charge in [-0.1, -0.05) is 37.3 Å². The summed E-state index contributed by atoms with van der Waals surface area (Å²) in [5.74, 6) is 3.10. The Balaban J connectivity index is 1.49. The van der Waals surface area contributed by atoms with E-state index in [4.69, 9.17) is 4.42 Å². The number of aryl methyl sites for hydroxylation is 1. The molecule has 1 N–H and O–H groups in total. The summed E-state index contributed by atoms with van der Waals surface area (Å²) in [4.78, 5) is 0. The van der Waals surface area contributed by atoms with Gasteiger partial charge in [-0.2, -0.15) is 0 Å². The molecule has 0 radical (unpaired) electrons. The lowest BCUT2D eigenvalue weighted by atomic mass is 10.1. The molecule has 2 nitrogen and oxygen atoms in total. The van der Waals surface area contributed by atoms with Crippen LogP contribution in [0.25, 0.3) is 0 Å². The minimum absolute atomic E-state index is 0.471. The number of hydrogen-bond donors (Lipinski definition) is 1. The lowest BCUT2D eigenvalue weighted by Crippen LogP contribution is -1.97. The monoisotopic (exact) mass is 270 g/mol. The normalized spacial score (nSPS) is 22.7. The average Bonchev–Trinajstić information content (AvgIpc) is 3.01. The SMILES string of the molecule is CC1CC1c1ccc(C(O)CCCc2ccccc2)o1. The van der Waals surface area contributed by atoms with Crippen LogP contribution in [0.3, 0.4) is 0 Å². The number of hydrogen-bond acceptors (Lipinski definition) is 2. The zero-order valence-corrected chi connectivity index (χ0v) is 12.0. The molecule has 1 aliphatic rings. The molecular weight excluding hydrogens is 248 g/mol. The molecule has 3 rings (SSSR count). The van der Waals surface area contributed by atoms with Gasteiger partial charge in [-0.05, 0) is 49.3 Å². The van der Waals surface area contributed by atoms with Gasteiger partial charge >= 0.3 is 0 Å². The Hall–Kier alpha value is -1.54. The van der Waals surface area contributed by atoms with E-state index in [-0.39, 0.29) is 0 Å². The van der Waals surface area contributed by atoms with Gasteiger partial charge in [0.25, 0.3) is 0 Å². The van der Waals surface area contributed by atoms with E-state index in [1.54, 1.807) is 0 Å². The summed E-state index contributed by atoms with van der Waals surface area (Å²) >= 11 is 0. The molecule has 1 aromatic heterocycles. The lowest BCUT2D eigenvalue weighted by molar-refractivity contribution is 0.136. The second-order valence-corrected chi connectivity index (χ2v) is 5.95. The van der Waals surface area contributed by atoms with Crippen LogP contribution in [0, 0.1) is 5.92 Å². The quantitative estimate of drug-likeness (QED) is 0.840. The van der Waals surface area contributed by atoms with Crippen molar-refractivity contribution in [3.8, 4) is 0 Å². The third-order valence-electron chi connectivity index (χ3n) is 4.24. The number of rotatable bonds is 6. The van der Waals surface area contributed by atoms with Crippen molar-refractivity contribution in [1.82, 2.24) is 0 Å². The summed E-state index contributed by atoms with van der Waals surface area (Å²) in [7, 11) is 0. The topological polar surface area (TPSA) is 33.4 Å².